The van der Waals surface area contributed by atoms with Crippen molar-refractivity contribution in [3.8, 4) is 0 Å². The highest BCUT2D eigenvalue weighted by atomic mass is 16.1. The number of carbonyl (C=O) groups excluding carboxylic acids is 1. The Morgan fingerprint density at radius 1 is 1.29 bits per heavy atom. The normalized spacial score (nSPS) is 15.6. The van der Waals surface area contributed by atoms with Crippen LogP contribution in [0.25, 0.3) is 10.9 Å². The van der Waals surface area contributed by atoms with Gasteiger partial charge in [0.2, 0.25) is 0 Å². The Kier molecular flexibility index (Phi) is 2.28. The Balaban J connectivity index is 2.18. The van der Waals surface area contributed by atoms with Crippen LogP contribution in [0.1, 0.15) is 23.2 Å². The molecule has 3 rings (SSSR count). The highest BCUT2D eigenvalue weighted by Gasteiger charge is 2.19. The second kappa shape index (κ2) is 3.80. The van der Waals surface area contributed by atoms with Gasteiger partial charge >= 0.3 is 0 Å². The monoisotopic (exact) mass is 229 g/mol. The largest absolute Gasteiger partial charge is 0.371 e. The summed E-state index contributed by atoms with van der Waals surface area (Å²) < 4.78 is 0. The van der Waals surface area contributed by atoms with Crippen LogP contribution in [-0.2, 0) is 0 Å². The van der Waals surface area contributed by atoms with Crippen molar-refractivity contribution in [2.45, 2.75) is 12.8 Å². The summed E-state index contributed by atoms with van der Waals surface area (Å²) >= 11 is 0. The molecule has 0 radical (unpaired) electrons. The third kappa shape index (κ3) is 1.65. The van der Waals surface area contributed by atoms with E-state index in [1.165, 1.54) is 12.8 Å². The molecular weight excluding hydrogens is 214 g/mol. The second-order valence-electron chi connectivity index (χ2n) is 4.49. The number of aromatic nitrogens is 1. The Morgan fingerprint density at radius 3 is 2.76 bits per heavy atom. The van der Waals surface area contributed by atoms with E-state index in [9.17, 15) is 4.79 Å². The molecule has 1 saturated heterocycles. The molecule has 0 aliphatic carbocycles. The molecule has 3 N–H and O–H groups in total. The molecule has 4 nitrogen and oxygen atoms in total. The number of benzene rings is 1. The van der Waals surface area contributed by atoms with Crippen LogP contribution in [0.3, 0.4) is 0 Å². The molecule has 0 spiro atoms. The van der Waals surface area contributed by atoms with Crippen molar-refractivity contribution in [2.75, 3.05) is 18.0 Å². The van der Waals surface area contributed by atoms with Gasteiger partial charge in [0, 0.05) is 30.2 Å². The quantitative estimate of drug-likeness (QED) is 0.825. The molecule has 1 fully saturated rings. The fourth-order valence-corrected chi connectivity index (χ4v) is 2.51. The molecule has 2 aromatic rings. The number of fused-ring (bicyclic) bond motifs is 1. The number of nitrogens with one attached hydrogen (secondary N) is 1. The van der Waals surface area contributed by atoms with Crippen LogP contribution >= 0.6 is 0 Å². The maximum atomic E-state index is 11.5. The predicted octanol–water partition coefficient (Wildman–Crippen LogP) is 1.87. The molecule has 0 bridgehead atoms. The van der Waals surface area contributed by atoms with E-state index in [0.29, 0.717) is 5.56 Å². The second-order valence-corrected chi connectivity index (χ2v) is 4.49. The van der Waals surface area contributed by atoms with Crippen LogP contribution in [0.4, 0.5) is 5.69 Å². The smallest absolute Gasteiger partial charge is 0.250 e. The average molecular weight is 229 g/mol. The van der Waals surface area contributed by atoms with Crippen LogP contribution in [-0.4, -0.2) is 24.0 Å². The minimum atomic E-state index is -0.358. The van der Waals surface area contributed by atoms with E-state index in [-0.39, 0.29) is 5.91 Å². The zero-order valence-corrected chi connectivity index (χ0v) is 9.57. The first-order valence-corrected chi connectivity index (χ1v) is 5.91. The third-order valence-electron chi connectivity index (χ3n) is 3.38. The standard InChI is InChI=1S/C13H15N3O/c14-13(17)10-8-11-9(3-4-15-11)7-12(10)16-5-1-2-6-16/h3-4,7-8,15H,1-2,5-6H2,(H2,14,17). The summed E-state index contributed by atoms with van der Waals surface area (Å²) in [7, 11) is 0. The van der Waals surface area contributed by atoms with Gasteiger partial charge in [-0.2, -0.15) is 0 Å². The van der Waals surface area contributed by atoms with E-state index in [4.69, 9.17) is 5.73 Å². The van der Waals surface area contributed by atoms with E-state index in [2.05, 4.69) is 16.0 Å². The fourth-order valence-electron chi connectivity index (χ4n) is 2.51. The number of hydrogen-bond donors (Lipinski definition) is 2. The molecule has 0 atom stereocenters. The first kappa shape index (κ1) is 10.2. The highest BCUT2D eigenvalue weighted by Crippen LogP contribution is 2.28. The van der Waals surface area contributed by atoms with Crippen molar-refractivity contribution in [3.05, 3.63) is 30.0 Å². The first-order valence-electron chi connectivity index (χ1n) is 5.91. The molecule has 1 aliphatic rings. The van der Waals surface area contributed by atoms with Gasteiger partial charge in [0.25, 0.3) is 5.91 Å². The molecule has 2 heterocycles. The Bertz CT molecular complexity index is 567. The van der Waals surface area contributed by atoms with Crippen LogP contribution in [0.15, 0.2) is 24.4 Å². The van der Waals surface area contributed by atoms with Crippen LogP contribution in [0, 0.1) is 0 Å². The minimum absolute atomic E-state index is 0.358. The van der Waals surface area contributed by atoms with E-state index in [0.717, 1.165) is 29.7 Å². The fraction of sp³-hybridized carbons (Fsp3) is 0.308. The summed E-state index contributed by atoms with van der Waals surface area (Å²) in [5.41, 5.74) is 8.01. The molecular formula is C13H15N3O. The van der Waals surface area contributed by atoms with Crippen molar-refractivity contribution >= 4 is 22.5 Å². The van der Waals surface area contributed by atoms with E-state index >= 15 is 0 Å². The SMILES string of the molecule is NC(=O)c1cc2[nH]ccc2cc1N1CCCC1. The van der Waals surface area contributed by atoms with Crippen LogP contribution < -0.4 is 10.6 Å². The number of amides is 1. The Hall–Kier alpha value is -1.97. The summed E-state index contributed by atoms with van der Waals surface area (Å²) in [6.07, 6.45) is 4.25. The number of nitrogens with two attached hydrogens (primary N) is 1. The number of hydrogen-bond acceptors (Lipinski definition) is 2. The van der Waals surface area contributed by atoms with E-state index < -0.39 is 0 Å². The maximum Gasteiger partial charge on any atom is 0.250 e. The van der Waals surface area contributed by atoms with Crippen molar-refractivity contribution in [1.82, 2.24) is 4.98 Å². The third-order valence-corrected chi connectivity index (χ3v) is 3.38. The number of carbonyl (C=O) groups is 1. The summed E-state index contributed by atoms with van der Waals surface area (Å²) in [6, 6.07) is 5.92. The number of anilines is 1. The highest BCUT2D eigenvalue weighted by molar-refractivity contribution is 6.03. The van der Waals surface area contributed by atoms with E-state index in [1.54, 1.807) is 0 Å². The van der Waals surface area contributed by atoms with Crippen LogP contribution in [0.2, 0.25) is 0 Å². The Labute approximate surface area is 99.4 Å². The lowest BCUT2D eigenvalue weighted by Crippen LogP contribution is -2.23. The van der Waals surface area contributed by atoms with Gasteiger partial charge in [-0.1, -0.05) is 0 Å². The zero-order chi connectivity index (χ0) is 11.8. The topological polar surface area (TPSA) is 62.1 Å². The number of H-pyrrole nitrogens is 1. The maximum absolute atomic E-state index is 11.5. The summed E-state index contributed by atoms with van der Waals surface area (Å²) in [5, 5.41) is 1.12. The molecule has 17 heavy (non-hydrogen) atoms. The van der Waals surface area contributed by atoms with Crippen molar-refractivity contribution in [2.24, 2.45) is 5.73 Å². The molecule has 0 unspecified atom stereocenters. The van der Waals surface area contributed by atoms with Crippen molar-refractivity contribution in [1.29, 1.82) is 0 Å². The van der Waals surface area contributed by atoms with Gasteiger partial charge in [0.1, 0.15) is 0 Å². The van der Waals surface area contributed by atoms with Gasteiger partial charge in [0.15, 0.2) is 0 Å². The van der Waals surface area contributed by atoms with Gasteiger partial charge in [-0.05, 0) is 31.0 Å². The molecule has 1 amide bonds. The number of nitrogens with zero attached hydrogens (tertiary/aromatic N) is 1. The molecule has 1 aromatic heterocycles. The molecule has 1 aliphatic heterocycles. The predicted molar refractivity (Wildman–Crippen MR) is 68.3 cm³/mol. The average Bonchev–Trinajstić information content (AvgIpc) is 2.98. The van der Waals surface area contributed by atoms with Gasteiger partial charge in [-0.15, -0.1) is 0 Å². The number of aromatic amines is 1. The number of rotatable bonds is 2. The lowest BCUT2D eigenvalue weighted by molar-refractivity contribution is 0.100. The minimum Gasteiger partial charge on any atom is -0.371 e. The lowest BCUT2D eigenvalue weighted by Gasteiger charge is -2.20. The van der Waals surface area contributed by atoms with Gasteiger partial charge in [-0.25, -0.2) is 0 Å². The first-order chi connectivity index (χ1) is 8.25. The van der Waals surface area contributed by atoms with Gasteiger partial charge in [0.05, 0.1) is 11.3 Å². The zero-order valence-electron chi connectivity index (χ0n) is 9.57. The van der Waals surface area contributed by atoms with Crippen molar-refractivity contribution in [3.63, 3.8) is 0 Å². The molecule has 4 heteroatoms. The summed E-state index contributed by atoms with van der Waals surface area (Å²) in [4.78, 5) is 16.9. The number of primary amides is 1. The lowest BCUT2D eigenvalue weighted by atomic mass is 10.1. The van der Waals surface area contributed by atoms with Crippen LogP contribution in [0.5, 0.6) is 0 Å². The summed E-state index contributed by atoms with van der Waals surface area (Å²) in [6.45, 7) is 2.02. The molecule has 0 saturated carbocycles. The van der Waals surface area contributed by atoms with Gasteiger partial charge < -0.3 is 15.6 Å². The van der Waals surface area contributed by atoms with E-state index in [1.807, 2.05) is 18.3 Å². The van der Waals surface area contributed by atoms with Crippen molar-refractivity contribution < 1.29 is 4.79 Å². The molecule has 1 aromatic carbocycles. The Morgan fingerprint density at radius 2 is 2.06 bits per heavy atom. The van der Waals surface area contributed by atoms with Gasteiger partial charge in [-0.3, -0.25) is 4.79 Å². The molecule has 88 valence electrons. The summed E-state index contributed by atoms with van der Waals surface area (Å²) in [5.74, 6) is -0.358.